The lowest BCUT2D eigenvalue weighted by atomic mass is 9.91. The van der Waals surface area contributed by atoms with Gasteiger partial charge in [0.25, 0.3) is 5.91 Å². The normalized spacial score (nSPS) is 13.1. The van der Waals surface area contributed by atoms with Gasteiger partial charge < -0.3 is 5.32 Å². The summed E-state index contributed by atoms with van der Waals surface area (Å²) in [5.74, 6) is -0.226. The lowest BCUT2D eigenvalue weighted by Gasteiger charge is -2.15. The van der Waals surface area contributed by atoms with Crippen molar-refractivity contribution in [3.8, 4) is 10.4 Å². The van der Waals surface area contributed by atoms with Gasteiger partial charge in [0.1, 0.15) is 0 Å². The van der Waals surface area contributed by atoms with E-state index in [2.05, 4.69) is 17.4 Å². The van der Waals surface area contributed by atoms with Crippen molar-refractivity contribution in [3.05, 3.63) is 70.6 Å². The van der Waals surface area contributed by atoms with Crippen LogP contribution in [0.1, 0.15) is 20.8 Å². The molecule has 0 saturated carbocycles. The zero-order valence-corrected chi connectivity index (χ0v) is 17.2. The summed E-state index contributed by atoms with van der Waals surface area (Å²) in [4.78, 5) is 14.7. The molecule has 1 aromatic heterocycles. The standard InChI is InChI=1S/C21H20N2O3S2/c1-23(2)28(25,26)17-8-5-7-16(13-17)22-21(24)19-12-15-11-10-14-6-3-4-9-18(14)20(15)27-19/h3-9,12-13H,10-11H2,1-2H3,(H,22,24). The number of anilines is 1. The van der Waals surface area contributed by atoms with Gasteiger partial charge in [-0.05, 0) is 53.8 Å². The zero-order chi connectivity index (χ0) is 19.9. The molecule has 4 rings (SSSR count). The molecule has 0 radical (unpaired) electrons. The van der Waals surface area contributed by atoms with E-state index in [-0.39, 0.29) is 10.8 Å². The quantitative estimate of drug-likeness (QED) is 0.704. The van der Waals surface area contributed by atoms with Crippen LogP contribution in [0.15, 0.2) is 59.5 Å². The molecule has 0 aliphatic heterocycles. The van der Waals surface area contributed by atoms with Crippen LogP contribution in [0.3, 0.4) is 0 Å². The highest BCUT2D eigenvalue weighted by atomic mass is 32.2. The number of carbonyl (C=O) groups excluding carboxylic acids is 1. The molecule has 5 nitrogen and oxygen atoms in total. The summed E-state index contributed by atoms with van der Waals surface area (Å²) in [6, 6.07) is 16.6. The number of nitrogens with zero attached hydrogens (tertiary/aromatic N) is 1. The molecule has 28 heavy (non-hydrogen) atoms. The van der Waals surface area contributed by atoms with Crippen LogP contribution < -0.4 is 5.32 Å². The molecule has 1 aliphatic rings. The number of aryl methyl sites for hydroxylation is 2. The Balaban J connectivity index is 1.61. The van der Waals surface area contributed by atoms with Crippen LogP contribution in [0, 0.1) is 0 Å². The van der Waals surface area contributed by atoms with E-state index in [1.807, 2.05) is 18.2 Å². The van der Waals surface area contributed by atoms with Gasteiger partial charge in [-0.25, -0.2) is 12.7 Å². The van der Waals surface area contributed by atoms with Gasteiger partial charge in [-0.15, -0.1) is 11.3 Å². The predicted molar refractivity (Wildman–Crippen MR) is 112 cm³/mol. The summed E-state index contributed by atoms with van der Waals surface area (Å²) in [5, 5.41) is 2.83. The van der Waals surface area contributed by atoms with Gasteiger partial charge in [-0.2, -0.15) is 0 Å². The Bertz CT molecular complexity index is 1160. The van der Waals surface area contributed by atoms with E-state index in [9.17, 15) is 13.2 Å². The molecule has 0 saturated heterocycles. The van der Waals surface area contributed by atoms with Gasteiger partial charge in [0.05, 0.1) is 9.77 Å². The lowest BCUT2D eigenvalue weighted by molar-refractivity contribution is 0.103. The first-order valence-corrected chi connectivity index (χ1v) is 11.2. The van der Waals surface area contributed by atoms with Crippen molar-refractivity contribution in [2.45, 2.75) is 17.7 Å². The maximum absolute atomic E-state index is 12.8. The number of sulfonamides is 1. The molecule has 1 heterocycles. The van der Waals surface area contributed by atoms with Crippen LogP contribution in [0.5, 0.6) is 0 Å². The smallest absolute Gasteiger partial charge is 0.265 e. The summed E-state index contributed by atoms with van der Waals surface area (Å²) < 4.78 is 25.8. The van der Waals surface area contributed by atoms with Gasteiger partial charge in [0.2, 0.25) is 10.0 Å². The Morgan fingerprint density at radius 2 is 1.75 bits per heavy atom. The average molecular weight is 413 g/mol. The van der Waals surface area contributed by atoms with Gasteiger partial charge in [0.15, 0.2) is 0 Å². The minimum atomic E-state index is -3.55. The first-order chi connectivity index (χ1) is 13.4. The largest absolute Gasteiger partial charge is 0.321 e. The molecular formula is C21H20N2O3S2. The fraction of sp³-hybridized carbons (Fsp3) is 0.190. The molecule has 7 heteroatoms. The van der Waals surface area contributed by atoms with E-state index in [0.29, 0.717) is 10.6 Å². The molecule has 2 aromatic carbocycles. The SMILES string of the molecule is CN(C)S(=O)(=O)c1cccc(NC(=O)c2cc3c(s2)-c2ccccc2CC3)c1. The van der Waals surface area contributed by atoms with Gasteiger partial charge >= 0.3 is 0 Å². The minimum Gasteiger partial charge on any atom is -0.321 e. The Kier molecular flexibility index (Phi) is 4.82. The van der Waals surface area contributed by atoms with Crippen molar-refractivity contribution < 1.29 is 13.2 Å². The monoisotopic (exact) mass is 412 g/mol. The molecule has 1 N–H and O–H groups in total. The summed E-state index contributed by atoms with van der Waals surface area (Å²) in [6.45, 7) is 0. The van der Waals surface area contributed by atoms with Crippen LogP contribution in [0.25, 0.3) is 10.4 Å². The van der Waals surface area contributed by atoms with E-state index in [1.54, 1.807) is 12.1 Å². The number of thiophene rings is 1. The number of hydrogen-bond donors (Lipinski definition) is 1. The zero-order valence-electron chi connectivity index (χ0n) is 15.6. The molecule has 0 unspecified atom stereocenters. The second-order valence-electron chi connectivity index (χ2n) is 6.89. The van der Waals surface area contributed by atoms with E-state index < -0.39 is 10.0 Å². The number of carbonyl (C=O) groups is 1. The van der Waals surface area contributed by atoms with Crippen LogP contribution >= 0.6 is 11.3 Å². The third-order valence-electron chi connectivity index (χ3n) is 4.83. The average Bonchev–Trinajstić information content (AvgIpc) is 3.13. The topological polar surface area (TPSA) is 66.5 Å². The molecule has 144 valence electrons. The first-order valence-electron chi connectivity index (χ1n) is 8.91. The molecular weight excluding hydrogens is 392 g/mol. The molecule has 0 spiro atoms. The summed E-state index contributed by atoms with van der Waals surface area (Å²) >= 11 is 1.48. The van der Waals surface area contributed by atoms with E-state index in [0.717, 1.165) is 22.0 Å². The molecule has 0 bridgehead atoms. The number of amides is 1. The first kappa shape index (κ1) is 18.9. The highest BCUT2D eigenvalue weighted by molar-refractivity contribution is 7.89. The predicted octanol–water partition coefficient (Wildman–Crippen LogP) is 4.02. The minimum absolute atomic E-state index is 0.148. The molecule has 1 aliphatic carbocycles. The van der Waals surface area contributed by atoms with Crippen LogP contribution in [-0.4, -0.2) is 32.7 Å². The Hall–Kier alpha value is -2.48. The van der Waals surface area contributed by atoms with Crippen molar-refractivity contribution in [1.29, 1.82) is 0 Å². The van der Waals surface area contributed by atoms with E-state index in [4.69, 9.17) is 0 Å². The Morgan fingerprint density at radius 3 is 2.54 bits per heavy atom. The van der Waals surface area contributed by atoms with Gasteiger partial charge in [0, 0.05) is 24.7 Å². The second-order valence-corrected chi connectivity index (χ2v) is 10.1. The number of nitrogens with one attached hydrogen (secondary N) is 1. The van der Waals surface area contributed by atoms with Gasteiger partial charge in [-0.1, -0.05) is 30.3 Å². The van der Waals surface area contributed by atoms with E-state index in [1.165, 1.54) is 54.3 Å². The third kappa shape index (κ3) is 3.37. The summed E-state index contributed by atoms with van der Waals surface area (Å²) in [5.41, 5.74) is 4.16. The van der Waals surface area contributed by atoms with E-state index >= 15 is 0 Å². The summed E-state index contributed by atoms with van der Waals surface area (Å²) in [7, 11) is -0.589. The third-order valence-corrected chi connectivity index (χ3v) is 7.85. The number of hydrogen-bond acceptors (Lipinski definition) is 4. The van der Waals surface area contributed by atoms with Crippen molar-refractivity contribution in [2.75, 3.05) is 19.4 Å². The summed E-state index contributed by atoms with van der Waals surface area (Å²) in [6.07, 6.45) is 1.90. The molecule has 1 amide bonds. The lowest BCUT2D eigenvalue weighted by Crippen LogP contribution is -2.22. The molecule has 0 fully saturated rings. The maximum atomic E-state index is 12.8. The Morgan fingerprint density at radius 1 is 1.00 bits per heavy atom. The van der Waals surface area contributed by atoms with Crippen molar-refractivity contribution in [2.24, 2.45) is 0 Å². The van der Waals surface area contributed by atoms with Crippen LogP contribution in [0.2, 0.25) is 0 Å². The second kappa shape index (κ2) is 7.16. The number of benzene rings is 2. The Labute approximate surface area is 168 Å². The molecule has 0 atom stereocenters. The fourth-order valence-corrected chi connectivity index (χ4v) is 5.44. The van der Waals surface area contributed by atoms with Crippen molar-refractivity contribution >= 4 is 33.0 Å². The number of fused-ring (bicyclic) bond motifs is 3. The van der Waals surface area contributed by atoms with Crippen LogP contribution in [-0.2, 0) is 22.9 Å². The van der Waals surface area contributed by atoms with Crippen molar-refractivity contribution in [3.63, 3.8) is 0 Å². The van der Waals surface area contributed by atoms with Crippen LogP contribution in [0.4, 0.5) is 5.69 Å². The highest BCUT2D eigenvalue weighted by Crippen LogP contribution is 2.39. The van der Waals surface area contributed by atoms with Gasteiger partial charge in [-0.3, -0.25) is 4.79 Å². The van der Waals surface area contributed by atoms with Crippen molar-refractivity contribution in [1.82, 2.24) is 4.31 Å². The maximum Gasteiger partial charge on any atom is 0.265 e. The number of rotatable bonds is 4. The highest BCUT2D eigenvalue weighted by Gasteiger charge is 2.22. The molecule has 3 aromatic rings. The fourth-order valence-electron chi connectivity index (χ4n) is 3.32.